The molecule has 0 aliphatic carbocycles. The summed E-state index contributed by atoms with van der Waals surface area (Å²) < 4.78 is 10.4. The van der Waals surface area contributed by atoms with Crippen LogP contribution in [0.3, 0.4) is 0 Å². The number of para-hydroxylation sites is 2. The Morgan fingerprint density at radius 1 is 1.22 bits per heavy atom. The highest BCUT2D eigenvalue weighted by Crippen LogP contribution is 2.17. The Kier molecular flexibility index (Phi) is 5.72. The third kappa shape index (κ3) is 4.32. The number of carbonyl (C=O) groups excluding carboxylic acids is 1. The Morgan fingerprint density at radius 3 is 2.65 bits per heavy atom. The number of rotatable bonds is 6. The van der Waals surface area contributed by atoms with Crippen LogP contribution in [0.1, 0.15) is 15.9 Å². The molecule has 1 N–H and O–H groups in total. The molecular weight excluding hydrogens is 294 g/mol. The zero-order valence-electron chi connectivity index (χ0n) is 12.5. The molecule has 0 radical (unpaired) electrons. The van der Waals surface area contributed by atoms with Gasteiger partial charge in [-0.05, 0) is 24.3 Å². The molecule has 6 heteroatoms. The van der Waals surface area contributed by atoms with E-state index in [2.05, 4.69) is 10.5 Å². The molecule has 0 heterocycles. The van der Waals surface area contributed by atoms with Crippen LogP contribution in [0.4, 0.5) is 0 Å². The van der Waals surface area contributed by atoms with Gasteiger partial charge in [0, 0.05) is 5.56 Å². The molecule has 0 aromatic heterocycles. The molecule has 0 aliphatic rings. The van der Waals surface area contributed by atoms with Gasteiger partial charge in [0.25, 0.3) is 5.91 Å². The van der Waals surface area contributed by atoms with Crippen molar-refractivity contribution in [3.05, 3.63) is 59.7 Å². The van der Waals surface area contributed by atoms with Crippen molar-refractivity contribution in [2.75, 3.05) is 13.7 Å². The number of nitriles is 1. The first-order valence-corrected chi connectivity index (χ1v) is 6.81. The van der Waals surface area contributed by atoms with Crippen molar-refractivity contribution in [2.24, 2.45) is 5.10 Å². The molecule has 116 valence electrons. The molecule has 1 amide bonds. The maximum atomic E-state index is 12.1. The second kappa shape index (κ2) is 8.20. The van der Waals surface area contributed by atoms with Crippen molar-refractivity contribution < 1.29 is 14.3 Å². The Bertz CT molecular complexity index is 751. The minimum Gasteiger partial charge on any atom is -0.496 e. The fraction of sp³-hybridized carbons (Fsp3) is 0.118. The average molecular weight is 309 g/mol. The molecule has 0 saturated heterocycles. The number of methoxy groups -OCH3 is 1. The van der Waals surface area contributed by atoms with E-state index in [0.29, 0.717) is 22.6 Å². The van der Waals surface area contributed by atoms with E-state index in [9.17, 15) is 4.79 Å². The lowest BCUT2D eigenvalue weighted by atomic mass is 10.2. The van der Waals surface area contributed by atoms with E-state index in [1.807, 2.05) is 12.1 Å². The summed E-state index contributed by atoms with van der Waals surface area (Å²) in [5.41, 5.74) is 3.48. The highest BCUT2D eigenvalue weighted by Gasteiger charge is 2.10. The highest BCUT2D eigenvalue weighted by atomic mass is 16.5. The number of nitrogens with one attached hydrogen (secondary N) is 1. The monoisotopic (exact) mass is 309 g/mol. The highest BCUT2D eigenvalue weighted by molar-refractivity contribution is 5.97. The fourth-order valence-electron chi connectivity index (χ4n) is 1.88. The first kappa shape index (κ1) is 16.0. The quantitative estimate of drug-likeness (QED) is 0.656. The predicted molar refractivity (Wildman–Crippen MR) is 85.6 cm³/mol. The first-order chi connectivity index (χ1) is 11.3. The maximum absolute atomic E-state index is 12.1. The number of hydrogen-bond acceptors (Lipinski definition) is 5. The van der Waals surface area contributed by atoms with Crippen molar-refractivity contribution in [1.82, 2.24) is 5.43 Å². The number of benzene rings is 2. The minimum atomic E-state index is -0.380. The van der Waals surface area contributed by atoms with Crippen LogP contribution in [0.25, 0.3) is 0 Å². The van der Waals surface area contributed by atoms with Gasteiger partial charge >= 0.3 is 0 Å². The van der Waals surface area contributed by atoms with Gasteiger partial charge in [0.05, 0.1) is 18.9 Å². The third-order valence-corrected chi connectivity index (χ3v) is 2.93. The zero-order valence-corrected chi connectivity index (χ0v) is 12.5. The summed E-state index contributed by atoms with van der Waals surface area (Å²) in [5, 5.41) is 12.5. The van der Waals surface area contributed by atoms with E-state index in [4.69, 9.17) is 14.7 Å². The summed E-state index contributed by atoms with van der Waals surface area (Å²) >= 11 is 0. The molecule has 0 spiro atoms. The molecule has 0 bridgehead atoms. The Morgan fingerprint density at radius 2 is 1.91 bits per heavy atom. The van der Waals surface area contributed by atoms with Crippen LogP contribution < -0.4 is 14.9 Å². The van der Waals surface area contributed by atoms with Gasteiger partial charge in [0.1, 0.15) is 17.6 Å². The molecule has 6 nitrogen and oxygen atoms in total. The second-order valence-corrected chi connectivity index (χ2v) is 4.38. The van der Waals surface area contributed by atoms with Crippen molar-refractivity contribution in [3.8, 4) is 17.6 Å². The number of ether oxygens (including phenoxy) is 2. The molecule has 0 atom stereocenters. The summed E-state index contributed by atoms with van der Waals surface area (Å²) in [7, 11) is 1.50. The maximum Gasteiger partial charge on any atom is 0.275 e. The normalized spacial score (nSPS) is 10.1. The van der Waals surface area contributed by atoms with E-state index in [-0.39, 0.29) is 12.5 Å². The smallest absolute Gasteiger partial charge is 0.275 e. The van der Waals surface area contributed by atoms with Crippen molar-refractivity contribution in [2.45, 2.75) is 0 Å². The van der Waals surface area contributed by atoms with E-state index in [1.54, 1.807) is 42.5 Å². The zero-order chi connectivity index (χ0) is 16.5. The second-order valence-electron chi connectivity index (χ2n) is 4.38. The van der Waals surface area contributed by atoms with Gasteiger partial charge < -0.3 is 9.47 Å². The van der Waals surface area contributed by atoms with Crippen molar-refractivity contribution in [3.63, 3.8) is 0 Å². The topological polar surface area (TPSA) is 83.7 Å². The van der Waals surface area contributed by atoms with Crippen LogP contribution >= 0.6 is 0 Å². The van der Waals surface area contributed by atoms with Crippen molar-refractivity contribution >= 4 is 12.1 Å². The number of carbonyl (C=O) groups is 1. The Hall–Kier alpha value is -3.33. The first-order valence-electron chi connectivity index (χ1n) is 6.81. The number of nitrogens with zero attached hydrogens (tertiary/aromatic N) is 2. The number of hydrogen-bond donors (Lipinski definition) is 1. The molecular formula is C17H15N3O3. The van der Waals surface area contributed by atoms with Crippen LogP contribution in [0.15, 0.2) is 53.6 Å². The van der Waals surface area contributed by atoms with Crippen LogP contribution in [0.2, 0.25) is 0 Å². The van der Waals surface area contributed by atoms with Crippen molar-refractivity contribution in [1.29, 1.82) is 5.26 Å². The summed E-state index contributed by atoms with van der Waals surface area (Å²) in [4.78, 5) is 12.1. The Labute approximate surface area is 134 Å². The summed E-state index contributed by atoms with van der Waals surface area (Å²) in [6, 6.07) is 15.9. The molecule has 0 unspecified atom stereocenters. The molecule has 23 heavy (non-hydrogen) atoms. The van der Waals surface area contributed by atoms with Crippen LogP contribution in [-0.4, -0.2) is 25.8 Å². The molecule has 0 aliphatic heterocycles. The minimum absolute atomic E-state index is 0.0571. The van der Waals surface area contributed by atoms with E-state index in [1.165, 1.54) is 13.3 Å². The van der Waals surface area contributed by atoms with Gasteiger partial charge in [-0.2, -0.15) is 10.4 Å². The van der Waals surface area contributed by atoms with Gasteiger partial charge in [-0.1, -0.05) is 24.3 Å². The number of amides is 1. The Balaban J connectivity index is 2.07. The standard InChI is InChI=1S/C17H15N3O3/c1-22-16-9-5-3-7-14(16)17(21)20-19-12-13-6-2-4-8-15(13)23-11-10-18/h2-9,12H,11H2,1H3,(H,20,21)/b19-12-. The number of hydrazone groups is 1. The lowest BCUT2D eigenvalue weighted by Crippen LogP contribution is -2.18. The van der Waals surface area contributed by atoms with Crippen LogP contribution in [0.5, 0.6) is 11.5 Å². The van der Waals surface area contributed by atoms with E-state index in [0.717, 1.165) is 0 Å². The van der Waals surface area contributed by atoms with Gasteiger partial charge in [0.15, 0.2) is 6.61 Å². The van der Waals surface area contributed by atoms with Gasteiger partial charge in [-0.25, -0.2) is 5.43 Å². The molecule has 0 saturated carbocycles. The molecule has 2 rings (SSSR count). The summed E-state index contributed by atoms with van der Waals surface area (Å²) in [5.74, 6) is 0.608. The SMILES string of the molecule is COc1ccccc1C(=O)N/N=C\c1ccccc1OCC#N. The molecule has 2 aromatic rings. The van der Waals surface area contributed by atoms with Gasteiger partial charge in [0.2, 0.25) is 0 Å². The van der Waals surface area contributed by atoms with Crippen LogP contribution in [-0.2, 0) is 0 Å². The van der Waals surface area contributed by atoms with E-state index >= 15 is 0 Å². The molecule has 2 aromatic carbocycles. The summed E-state index contributed by atoms with van der Waals surface area (Å²) in [6.45, 7) is -0.0571. The lowest BCUT2D eigenvalue weighted by molar-refractivity contribution is 0.0952. The largest absolute Gasteiger partial charge is 0.496 e. The lowest BCUT2D eigenvalue weighted by Gasteiger charge is -2.07. The van der Waals surface area contributed by atoms with Gasteiger partial charge in [-0.3, -0.25) is 4.79 Å². The van der Waals surface area contributed by atoms with E-state index < -0.39 is 0 Å². The average Bonchev–Trinajstić information content (AvgIpc) is 2.60. The fourth-order valence-corrected chi connectivity index (χ4v) is 1.88. The third-order valence-electron chi connectivity index (χ3n) is 2.93. The van der Waals surface area contributed by atoms with Crippen LogP contribution in [0, 0.1) is 11.3 Å². The van der Waals surface area contributed by atoms with Gasteiger partial charge in [-0.15, -0.1) is 0 Å². The summed E-state index contributed by atoms with van der Waals surface area (Å²) in [6.07, 6.45) is 1.46. The molecule has 0 fully saturated rings. The predicted octanol–water partition coefficient (Wildman–Crippen LogP) is 2.36.